The molecule has 196 valence electrons. The van der Waals surface area contributed by atoms with Crippen LogP contribution in [0.15, 0.2) is 66.7 Å². The van der Waals surface area contributed by atoms with Gasteiger partial charge in [-0.2, -0.15) is 0 Å². The number of aryl methyl sites for hydroxylation is 2. The predicted octanol–water partition coefficient (Wildman–Crippen LogP) is 7.36. The molecule has 1 atom stereocenters. The van der Waals surface area contributed by atoms with Crippen molar-refractivity contribution in [2.75, 3.05) is 11.9 Å². The van der Waals surface area contributed by atoms with Crippen molar-refractivity contribution in [1.82, 2.24) is 0 Å². The number of carbonyl (C=O) groups is 2. The quantitative estimate of drug-likeness (QED) is 0.238. The number of carboxylic acid groups (broad SMARTS) is 1. The highest BCUT2D eigenvalue weighted by Crippen LogP contribution is 2.30. The average Bonchev–Trinajstić information content (AvgIpc) is 2.84. The molecule has 0 bridgehead atoms. The summed E-state index contributed by atoms with van der Waals surface area (Å²) in [5, 5.41) is 11.7. The second-order valence-electron chi connectivity index (χ2n) is 9.82. The maximum atomic E-state index is 12.9. The van der Waals surface area contributed by atoms with Gasteiger partial charge in [-0.05, 0) is 81.0 Å². The fourth-order valence-corrected chi connectivity index (χ4v) is 4.14. The molecule has 0 aliphatic carbocycles. The lowest BCUT2D eigenvalue weighted by Crippen LogP contribution is -2.14. The van der Waals surface area contributed by atoms with E-state index < -0.39 is 5.97 Å². The molecule has 3 aromatic rings. The number of ether oxygens (including phenoxy) is 2. The minimum Gasteiger partial charge on any atom is -0.493 e. The maximum absolute atomic E-state index is 12.9. The lowest BCUT2D eigenvalue weighted by Gasteiger charge is -2.22. The number of nitrogens with one attached hydrogen (secondary N) is 1. The fraction of sp³-hybridized carbons (Fsp3) is 0.355. The molecule has 3 rings (SSSR count). The van der Waals surface area contributed by atoms with Gasteiger partial charge in [0.2, 0.25) is 0 Å². The Morgan fingerprint density at radius 3 is 2.24 bits per heavy atom. The number of rotatable bonds is 13. The molecular formula is C31H37NO5. The molecule has 0 aliphatic rings. The van der Waals surface area contributed by atoms with Crippen LogP contribution in [-0.4, -0.2) is 23.6 Å². The molecule has 0 saturated carbocycles. The largest absolute Gasteiger partial charge is 0.493 e. The molecule has 3 aromatic carbocycles. The van der Waals surface area contributed by atoms with Gasteiger partial charge in [-0.1, -0.05) is 55.3 Å². The third-order valence-electron chi connectivity index (χ3n) is 5.94. The zero-order valence-electron chi connectivity index (χ0n) is 22.1. The Morgan fingerprint density at radius 2 is 1.59 bits per heavy atom. The van der Waals surface area contributed by atoms with Crippen LogP contribution in [0.5, 0.6) is 11.5 Å². The maximum Gasteiger partial charge on any atom is 0.303 e. The minimum absolute atomic E-state index is 0.0184. The smallest absolute Gasteiger partial charge is 0.303 e. The first-order chi connectivity index (χ1) is 17.7. The van der Waals surface area contributed by atoms with Crippen molar-refractivity contribution in [3.8, 4) is 11.5 Å². The summed E-state index contributed by atoms with van der Waals surface area (Å²) >= 11 is 0. The van der Waals surface area contributed by atoms with Crippen molar-refractivity contribution in [2.45, 2.75) is 59.5 Å². The van der Waals surface area contributed by atoms with Crippen molar-refractivity contribution in [3.63, 3.8) is 0 Å². The molecule has 6 nitrogen and oxygen atoms in total. The van der Waals surface area contributed by atoms with Crippen molar-refractivity contribution >= 4 is 17.6 Å². The lowest BCUT2D eigenvalue weighted by molar-refractivity contribution is -0.137. The number of carboxylic acids is 1. The summed E-state index contributed by atoms with van der Waals surface area (Å²) in [6.45, 7) is 8.87. The molecule has 0 spiro atoms. The number of hydrogen-bond donors (Lipinski definition) is 2. The summed E-state index contributed by atoms with van der Waals surface area (Å²) in [7, 11) is 0. The van der Waals surface area contributed by atoms with Gasteiger partial charge in [0, 0.05) is 12.1 Å². The van der Waals surface area contributed by atoms with Crippen molar-refractivity contribution in [2.24, 2.45) is 5.92 Å². The van der Waals surface area contributed by atoms with Crippen molar-refractivity contribution < 1.29 is 24.2 Å². The second-order valence-corrected chi connectivity index (χ2v) is 9.82. The predicted molar refractivity (Wildman–Crippen MR) is 147 cm³/mol. The first-order valence-electron chi connectivity index (χ1n) is 12.8. The molecule has 2 N–H and O–H groups in total. The van der Waals surface area contributed by atoms with E-state index in [9.17, 15) is 9.59 Å². The average molecular weight is 504 g/mol. The summed E-state index contributed by atoms with van der Waals surface area (Å²) in [4.78, 5) is 23.6. The topological polar surface area (TPSA) is 84.9 Å². The van der Waals surface area contributed by atoms with Gasteiger partial charge < -0.3 is 19.9 Å². The lowest BCUT2D eigenvalue weighted by atomic mass is 9.97. The van der Waals surface area contributed by atoms with Crippen LogP contribution in [0.2, 0.25) is 0 Å². The van der Waals surface area contributed by atoms with Gasteiger partial charge >= 0.3 is 5.97 Å². The zero-order chi connectivity index (χ0) is 26.8. The van der Waals surface area contributed by atoms with Crippen LogP contribution in [0.1, 0.15) is 72.7 Å². The summed E-state index contributed by atoms with van der Waals surface area (Å²) in [6.07, 6.45) is 2.32. The number of aliphatic carboxylic acids is 1. The van der Waals surface area contributed by atoms with Crippen LogP contribution in [0.25, 0.3) is 0 Å². The summed E-state index contributed by atoms with van der Waals surface area (Å²) in [5.74, 6) is 0.577. The van der Waals surface area contributed by atoms with Gasteiger partial charge in [0.1, 0.15) is 17.6 Å². The first-order valence-corrected chi connectivity index (χ1v) is 12.8. The molecule has 37 heavy (non-hydrogen) atoms. The number of para-hydroxylation sites is 1. The number of amides is 1. The zero-order valence-corrected chi connectivity index (χ0v) is 22.1. The van der Waals surface area contributed by atoms with Crippen molar-refractivity contribution in [1.29, 1.82) is 0 Å². The highest BCUT2D eigenvalue weighted by molar-refractivity contribution is 6.06. The van der Waals surface area contributed by atoms with E-state index in [4.69, 9.17) is 14.6 Å². The Labute approximate surface area is 219 Å². The molecular weight excluding hydrogens is 466 g/mol. The molecule has 0 saturated heterocycles. The van der Waals surface area contributed by atoms with Crippen LogP contribution < -0.4 is 14.8 Å². The summed E-state index contributed by atoms with van der Waals surface area (Å²) in [6, 6.07) is 20.9. The fourth-order valence-electron chi connectivity index (χ4n) is 4.14. The van der Waals surface area contributed by atoms with E-state index in [0.29, 0.717) is 29.3 Å². The number of benzene rings is 3. The number of hydrogen-bond acceptors (Lipinski definition) is 4. The SMILES string of the molecule is Cc1cc(C)cc(C(CCC(C)C)Oc2ccc(NC(=O)c3ccccc3OCCCC(=O)O)cc2)c1. The Kier molecular flexibility index (Phi) is 10.1. The van der Waals surface area contributed by atoms with E-state index in [1.165, 1.54) is 16.7 Å². The molecule has 0 fully saturated rings. The van der Waals surface area contributed by atoms with E-state index in [2.05, 4.69) is 51.2 Å². The molecule has 1 amide bonds. The van der Waals surface area contributed by atoms with E-state index in [1.54, 1.807) is 24.3 Å². The number of anilines is 1. The second kappa shape index (κ2) is 13.5. The molecule has 0 radical (unpaired) electrons. The van der Waals surface area contributed by atoms with Gasteiger partial charge in [0.15, 0.2) is 0 Å². The van der Waals surface area contributed by atoms with Gasteiger partial charge in [0.25, 0.3) is 5.91 Å². The van der Waals surface area contributed by atoms with E-state index in [-0.39, 0.29) is 25.0 Å². The van der Waals surface area contributed by atoms with Crippen LogP contribution in [0, 0.1) is 19.8 Å². The van der Waals surface area contributed by atoms with E-state index in [0.717, 1.165) is 18.6 Å². The Balaban J connectivity index is 1.67. The van der Waals surface area contributed by atoms with Gasteiger partial charge in [0.05, 0.1) is 12.2 Å². The van der Waals surface area contributed by atoms with Gasteiger partial charge in [-0.25, -0.2) is 0 Å². The van der Waals surface area contributed by atoms with Crippen LogP contribution in [-0.2, 0) is 4.79 Å². The van der Waals surface area contributed by atoms with Gasteiger partial charge in [-0.3, -0.25) is 9.59 Å². The Hall–Kier alpha value is -3.80. The van der Waals surface area contributed by atoms with Crippen LogP contribution >= 0.6 is 0 Å². The highest BCUT2D eigenvalue weighted by atomic mass is 16.5. The minimum atomic E-state index is -0.873. The third kappa shape index (κ3) is 8.98. The number of carbonyl (C=O) groups excluding carboxylic acids is 1. The molecule has 0 aromatic heterocycles. The summed E-state index contributed by atoms with van der Waals surface area (Å²) in [5.41, 5.74) is 4.65. The monoisotopic (exact) mass is 503 g/mol. The molecule has 1 unspecified atom stereocenters. The first kappa shape index (κ1) is 27.8. The summed E-state index contributed by atoms with van der Waals surface area (Å²) < 4.78 is 12.1. The molecule has 0 aliphatic heterocycles. The van der Waals surface area contributed by atoms with Crippen molar-refractivity contribution in [3.05, 3.63) is 89.0 Å². The third-order valence-corrected chi connectivity index (χ3v) is 5.94. The van der Waals surface area contributed by atoms with Crippen LogP contribution in [0.4, 0.5) is 5.69 Å². The van der Waals surface area contributed by atoms with E-state index in [1.807, 2.05) is 24.3 Å². The molecule has 6 heteroatoms. The normalized spacial score (nSPS) is 11.7. The Morgan fingerprint density at radius 1 is 0.919 bits per heavy atom. The molecule has 0 heterocycles. The van der Waals surface area contributed by atoms with Crippen LogP contribution in [0.3, 0.4) is 0 Å². The standard InChI is InChI=1S/C31H37NO5/c1-21(2)11-16-28(24-19-22(3)18-23(4)20-24)37-26-14-12-25(13-15-26)32-31(35)27-8-5-6-9-29(27)36-17-7-10-30(33)34/h5-6,8-9,12-15,18-21,28H,7,10-11,16-17H2,1-4H3,(H,32,35)(H,33,34). The van der Waals surface area contributed by atoms with Gasteiger partial charge in [-0.15, -0.1) is 0 Å². The highest BCUT2D eigenvalue weighted by Gasteiger charge is 2.16. The Bertz CT molecular complexity index is 1170. The van der Waals surface area contributed by atoms with E-state index >= 15 is 0 Å².